The smallest absolute Gasteiger partial charge is 0.262 e. The molecule has 206 valence electrons. The number of aromatic nitrogens is 2. The third kappa shape index (κ3) is 5.77. The van der Waals surface area contributed by atoms with Gasteiger partial charge in [-0.05, 0) is 60.9 Å². The summed E-state index contributed by atoms with van der Waals surface area (Å²) in [7, 11) is 0. The molecule has 0 bridgehead atoms. The molecule has 1 aliphatic carbocycles. The minimum absolute atomic E-state index is 0.0130. The summed E-state index contributed by atoms with van der Waals surface area (Å²) in [6.45, 7) is 2.89. The van der Waals surface area contributed by atoms with E-state index in [4.69, 9.17) is 16.6 Å². The number of thioether (sulfide) groups is 1. The zero-order valence-electron chi connectivity index (χ0n) is 22.5. The molecule has 2 heterocycles. The molecular weight excluding hydrogens is 540 g/mol. The van der Waals surface area contributed by atoms with E-state index in [1.165, 1.54) is 12.1 Å². The van der Waals surface area contributed by atoms with E-state index in [2.05, 4.69) is 17.0 Å². The molecule has 0 spiro atoms. The normalized spacial score (nSPS) is 16.4. The molecule has 1 saturated carbocycles. The van der Waals surface area contributed by atoms with Gasteiger partial charge in [-0.25, -0.2) is 4.98 Å². The van der Waals surface area contributed by atoms with Crippen LogP contribution in [0.25, 0.3) is 10.9 Å². The molecule has 0 unspecified atom stereocenters. The number of halogens is 1. The topological polar surface area (TPSA) is 58.4 Å². The number of anilines is 1. The van der Waals surface area contributed by atoms with Crippen molar-refractivity contribution < 1.29 is 4.79 Å². The molecule has 1 amide bonds. The van der Waals surface area contributed by atoms with Gasteiger partial charge in [-0.15, -0.1) is 0 Å². The van der Waals surface area contributed by atoms with Gasteiger partial charge >= 0.3 is 0 Å². The van der Waals surface area contributed by atoms with Crippen LogP contribution >= 0.6 is 23.4 Å². The molecule has 1 aromatic heterocycles. The fourth-order valence-corrected chi connectivity index (χ4v) is 7.06. The zero-order chi connectivity index (χ0) is 27.5. The van der Waals surface area contributed by atoms with Crippen molar-refractivity contribution in [3.8, 4) is 0 Å². The standard InChI is InChI=1S/C32H33ClN4O2S/c33-25-9-7-8-23(20-25)22-40-32-34-29-21-24(14-15-28(29)31(39)37(32)27-12-5-2-6-13-27)30(38)36-18-16-35(17-19-36)26-10-3-1-4-11-26/h1,3-4,7-11,14-15,20-21,27H,2,5-6,12-13,16-19,22H2. The first-order valence-electron chi connectivity index (χ1n) is 14.1. The predicted octanol–water partition coefficient (Wildman–Crippen LogP) is 6.81. The van der Waals surface area contributed by atoms with Crippen LogP contribution < -0.4 is 10.5 Å². The molecule has 0 N–H and O–H groups in total. The van der Waals surface area contributed by atoms with Crippen molar-refractivity contribution in [2.45, 2.75) is 49.1 Å². The average Bonchev–Trinajstić information content (AvgIpc) is 3.00. The second-order valence-corrected chi connectivity index (χ2v) is 12.0. The monoisotopic (exact) mass is 572 g/mol. The van der Waals surface area contributed by atoms with Crippen LogP contribution in [-0.4, -0.2) is 46.5 Å². The number of carbonyl (C=O) groups excluding carboxylic acids is 1. The quantitative estimate of drug-likeness (QED) is 0.188. The first-order valence-corrected chi connectivity index (χ1v) is 15.5. The molecule has 3 aromatic carbocycles. The number of rotatable bonds is 6. The minimum Gasteiger partial charge on any atom is -0.368 e. The predicted molar refractivity (Wildman–Crippen MR) is 164 cm³/mol. The fourth-order valence-electron chi connectivity index (χ4n) is 5.84. The number of carbonyl (C=O) groups is 1. The number of hydrogen-bond donors (Lipinski definition) is 0. The lowest BCUT2D eigenvalue weighted by atomic mass is 9.95. The molecular formula is C32H33ClN4O2S. The second-order valence-electron chi connectivity index (χ2n) is 10.6. The summed E-state index contributed by atoms with van der Waals surface area (Å²) in [6.07, 6.45) is 5.44. The van der Waals surface area contributed by atoms with E-state index in [1.807, 2.05) is 51.9 Å². The van der Waals surface area contributed by atoms with Crippen LogP contribution in [0, 0.1) is 0 Å². The number of piperazine rings is 1. The van der Waals surface area contributed by atoms with Crippen LogP contribution in [0.5, 0.6) is 0 Å². The van der Waals surface area contributed by atoms with Gasteiger partial charge in [0.1, 0.15) is 0 Å². The molecule has 0 atom stereocenters. The lowest BCUT2D eigenvalue weighted by Gasteiger charge is -2.36. The number of amides is 1. The van der Waals surface area contributed by atoms with Gasteiger partial charge in [-0.3, -0.25) is 14.2 Å². The third-order valence-corrected chi connectivity index (χ3v) is 9.26. The largest absolute Gasteiger partial charge is 0.368 e. The van der Waals surface area contributed by atoms with Gasteiger partial charge in [0, 0.05) is 54.2 Å². The highest BCUT2D eigenvalue weighted by Crippen LogP contribution is 2.32. The molecule has 40 heavy (non-hydrogen) atoms. The van der Waals surface area contributed by atoms with Crippen molar-refractivity contribution in [3.63, 3.8) is 0 Å². The third-order valence-electron chi connectivity index (χ3n) is 8.00. The molecule has 6 rings (SSSR count). The fraction of sp³-hybridized carbons (Fsp3) is 0.344. The summed E-state index contributed by atoms with van der Waals surface area (Å²) < 4.78 is 1.92. The Balaban J connectivity index is 1.27. The van der Waals surface area contributed by atoms with Crippen LogP contribution in [0.15, 0.2) is 82.7 Å². The van der Waals surface area contributed by atoms with Crippen LogP contribution in [0.3, 0.4) is 0 Å². The van der Waals surface area contributed by atoms with E-state index in [0.29, 0.717) is 45.5 Å². The van der Waals surface area contributed by atoms with Crippen LogP contribution in [0.1, 0.15) is 54.1 Å². The number of nitrogens with zero attached hydrogens (tertiary/aromatic N) is 4. The highest BCUT2D eigenvalue weighted by molar-refractivity contribution is 7.98. The van der Waals surface area contributed by atoms with Crippen molar-refractivity contribution in [1.82, 2.24) is 14.5 Å². The van der Waals surface area contributed by atoms with Crippen molar-refractivity contribution in [1.29, 1.82) is 0 Å². The molecule has 8 heteroatoms. The summed E-state index contributed by atoms with van der Waals surface area (Å²) in [5, 5.41) is 1.98. The lowest BCUT2D eigenvalue weighted by molar-refractivity contribution is 0.0747. The zero-order valence-corrected chi connectivity index (χ0v) is 24.0. The molecule has 1 saturated heterocycles. The first-order chi connectivity index (χ1) is 19.6. The maximum absolute atomic E-state index is 13.9. The van der Waals surface area contributed by atoms with Crippen molar-refractivity contribution in [2.75, 3.05) is 31.1 Å². The van der Waals surface area contributed by atoms with Gasteiger partial charge in [0.2, 0.25) is 0 Å². The van der Waals surface area contributed by atoms with Crippen LogP contribution in [-0.2, 0) is 5.75 Å². The first kappa shape index (κ1) is 26.9. The van der Waals surface area contributed by atoms with Gasteiger partial charge in [-0.1, -0.05) is 73.0 Å². The molecule has 0 radical (unpaired) electrons. The maximum atomic E-state index is 13.9. The summed E-state index contributed by atoms with van der Waals surface area (Å²) >= 11 is 7.78. The van der Waals surface area contributed by atoms with Gasteiger partial charge in [0.05, 0.1) is 10.9 Å². The number of fused-ring (bicyclic) bond motifs is 1. The van der Waals surface area contributed by atoms with E-state index in [-0.39, 0.29) is 17.5 Å². The number of benzene rings is 3. The van der Waals surface area contributed by atoms with Crippen molar-refractivity contribution in [3.05, 3.63) is 99.3 Å². The van der Waals surface area contributed by atoms with Gasteiger partial charge < -0.3 is 9.80 Å². The number of para-hydroxylation sites is 1. The second kappa shape index (κ2) is 12.1. The van der Waals surface area contributed by atoms with E-state index >= 15 is 0 Å². The van der Waals surface area contributed by atoms with E-state index in [0.717, 1.165) is 44.3 Å². The Morgan fingerprint density at radius 1 is 0.900 bits per heavy atom. The van der Waals surface area contributed by atoms with E-state index < -0.39 is 0 Å². The van der Waals surface area contributed by atoms with E-state index in [1.54, 1.807) is 30.0 Å². The lowest BCUT2D eigenvalue weighted by Crippen LogP contribution is -2.48. The Labute approximate surface area is 244 Å². The Hall–Kier alpha value is -3.29. The Bertz CT molecular complexity index is 1560. The highest BCUT2D eigenvalue weighted by atomic mass is 35.5. The Morgan fingerprint density at radius 3 is 2.42 bits per heavy atom. The maximum Gasteiger partial charge on any atom is 0.262 e. The Morgan fingerprint density at radius 2 is 1.68 bits per heavy atom. The van der Waals surface area contributed by atoms with Gasteiger partial charge in [0.25, 0.3) is 11.5 Å². The van der Waals surface area contributed by atoms with Gasteiger partial charge in [0.15, 0.2) is 5.16 Å². The molecule has 4 aromatic rings. The molecule has 1 aliphatic heterocycles. The summed E-state index contributed by atoms with van der Waals surface area (Å²) in [5.74, 6) is 0.649. The summed E-state index contributed by atoms with van der Waals surface area (Å²) in [6, 6.07) is 23.6. The van der Waals surface area contributed by atoms with Gasteiger partial charge in [-0.2, -0.15) is 0 Å². The highest BCUT2D eigenvalue weighted by Gasteiger charge is 2.25. The number of hydrogen-bond acceptors (Lipinski definition) is 5. The van der Waals surface area contributed by atoms with E-state index in [9.17, 15) is 9.59 Å². The van der Waals surface area contributed by atoms with Crippen molar-refractivity contribution in [2.24, 2.45) is 0 Å². The minimum atomic E-state index is -0.0130. The van der Waals surface area contributed by atoms with Crippen molar-refractivity contribution >= 4 is 45.9 Å². The summed E-state index contributed by atoms with van der Waals surface area (Å²) in [4.78, 5) is 36.6. The van der Waals surface area contributed by atoms with Crippen LogP contribution in [0.4, 0.5) is 5.69 Å². The SMILES string of the molecule is O=C(c1ccc2c(=O)n(C3CCCCC3)c(SCc3cccc(Cl)c3)nc2c1)N1CCN(c2ccccc2)CC1. The van der Waals surface area contributed by atoms with Crippen LogP contribution in [0.2, 0.25) is 5.02 Å². The summed E-state index contributed by atoms with van der Waals surface area (Å²) in [5.41, 5.74) is 3.41. The molecule has 6 nitrogen and oxygen atoms in total. The molecule has 2 fully saturated rings. The Kier molecular flexibility index (Phi) is 8.12. The average molecular weight is 573 g/mol. The molecule has 2 aliphatic rings.